The van der Waals surface area contributed by atoms with Gasteiger partial charge in [-0.05, 0) is 48.2 Å². The first-order valence-electron chi connectivity index (χ1n) is 12.9. The van der Waals surface area contributed by atoms with E-state index in [1.807, 2.05) is 51.1 Å². The highest BCUT2D eigenvalue weighted by Gasteiger charge is 2.33. The van der Waals surface area contributed by atoms with Crippen LogP contribution in [0.3, 0.4) is 0 Å². The number of carbonyl (C=O) groups is 2. The minimum absolute atomic E-state index is 0.100. The van der Waals surface area contributed by atoms with E-state index in [-0.39, 0.29) is 29.7 Å². The number of benzene rings is 3. The smallest absolute Gasteiger partial charge is 0.243 e. The zero-order valence-corrected chi connectivity index (χ0v) is 24.4. The van der Waals surface area contributed by atoms with Gasteiger partial charge in [-0.15, -0.1) is 0 Å². The van der Waals surface area contributed by atoms with E-state index < -0.39 is 28.5 Å². The Kier molecular flexibility index (Phi) is 10.7. The molecule has 0 saturated heterocycles. The summed E-state index contributed by atoms with van der Waals surface area (Å²) >= 11 is 6.07. The van der Waals surface area contributed by atoms with Crippen LogP contribution in [0.4, 0.5) is 0 Å². The maximum Gasteiger partial charge on any atom is 0.243 e. The number of nitrogens with zero attached hydrogens (tertiary/aromatic N) is 2. The van der Waals surface area contributed by atoms with E-state index in [4.69, 9.17) is 11.6 Å². The highest BCUT2D eigenvalue weighted by atomic mass is 35.5. The Labute approximate surface area is 236 Å². The molecule has 9 heteroatoms. The molecule has 0 aliphatic rings. The van der Waals surface area contributed by atoms with Gasteiger partial charge in [0.1, 0.15) is 6.04 Å². The molecule has 7 nitrogen and oxygen atoms in total. The van der Waals surface area contributed by atoms with Gasteiger partial charge in [-0.25, -0.2) is 8.42 Å². The fourth-order valence-corrected chi connectivity index (χ4v) is 5.27. The molecule has 0 bridgehead atoms. The summed E-state index contributed by atoms with van der Waals surface area (Å²) in [4.78, 5) is 28.9. The molecular weight excluding hydrogens is 534 g/mol. The predicted octanol–water partition coefficient (Wildman–Crippen LogP) is 4.68. The van der Waals surface area contributed by atoms with Gasteiger partial charge in [0.05, 0.1) is 11.4 Å². The van der Waals surface area contributed by atoms with Gasteiger partial charge in [0.15, 0.2) is 0 Å². The summed E-state index contributed by atoms with van der Waals surface area (Å²) in [7, 11) is -2.55. The molecule has 0 radical (unpaired) electrons. The van der Waals surface area contributed by atoms with Gasteiger partial charge in [0.2, 0.25) is 21.8 Å². The van der Waals surface area contributed by atoms with E-state index in [9.17, 15) is 18.0 Å². The van der Waals surface area contributed by atoms with Crippen LogP contribution >= 0.6 is 11.6 Å². The van der Waals surface area contributed by atoms with Crippen molar-refractivity contribution in [2.24, 2.45) is 5.92 Å². The number of likely N-dealkylation sites (N-methyl/N-ethyl adjacent to an activating group) is 1. The summed E-state index contributed by atoms with van der Waals surface area (Å²) in [5.41, 5.74) is 2.58. The van der Waals surface area contributed by atoms with Crippen LogP contribution in [-0.4, -0.2) is 55.6 Å². The number of sulfonamides is 1. The Balaban J connectivity index is 1.96. The Morgan fingerprint density at radius 2 is 1.51 bits per heavy atom. The van der Waals surface area contributed by atoms with Crippen molar-refractivity contribution in [1.29, 1.82) is 0 Å². The molecule has 0 saturated carbocycles. The first-order chi connectivity index (χ1) is 18.5. The molecule has 0 heterocycles. The first-order valence-corrected chi connectivity index (χ1v) is 14.7. The Morgan fingerprint density at radius 3 is 2.10 bits per heavy atom. The van der Waals surface area contributed by atoms with Crippen LogP contribution in [0.1, 0.15) is 30.5 Å². The number of hydrogen-bond donors (Lipinski definition) is 1. The maximum atomic E-state index is 13.8. The van der Waals surface area contributed by atoms with E-state index in [1.54, 1.807) is 36.4 Å². The molecule has 208 valence electrons. The highest BCUT2D eigenvalue weighted by Crippen LogP contribution is 2.19. The molecule has 3 rings (SSSR count). The number of carbonyl (C=O) groups excluding carboxylic acids is 2. The number of rotatable bonds is 12. The number of halogens is 1. The second kappa shape index (κ2) is 13.7. The van der Waals surface area contributed by atoms with Gasteiger partial charge in [-0.3, -0.25) is 9.59 Å². The fraction of sp³-hybridized carbons (Fsp3) is 0.333. The number of nitrogens with one attached hydrogen (secondary N) is 1. The van der Waals surface area contributed by atoms with Crippen LogP contribution in [0.15, 0.2) is 83.8 Å². The average molecular weight is 570 g/mol. The molecule has 0 spiro atoms. The monoisotopic (exact) mass is 569 g/mol. The lowest BCUT2D eigenvalue weighted by Gasteiger charge is -2.33. The molecule has 0 aliphatic carbocycles. The third-order valence-corrected chi connectivity index (χ3v) is 8.38. The maximum absolute atomic E-state index is 13.8. The van der Waals surface area contributed by atoms with Gasteiger partial charge in [-0.2, -0.15) is 4.31 Å². The predicted molar refractivity (Wildman–Crippen MR) is 155 cm³/mol. The minimum Gasteiger partial charge on any atom is -0.354 e. The van der Waals surface area contributed by atoms with Crippen LogP contribution in [0.5, 0.6) is 0 Å². The van der Waals surface area contributed by atoms with Gasteiger partial charge in [0, 0.05) is 31.6 Å². The van der Waals surface area contributed by atoms with E-state index in [0.717, 1.165) is 21.0 Å². The molecule has 39 heavy (non-hydrogen) atoms. The normalized spacial score (nSPS) is 12.4. The van der Waals surface area contributed by atoms with Crippen molar-refractivity contribution >= 4 is 33.4 Å². The van der Waals surface area contributed by atoms with Gasteiger partial charge < -0.3 is 10.2 Å². The Hall–Kier alpha value is -3.20. The molecule has 3 aromatic carbocycles. The lowest BCUT2D eigenvalue weighted by atomic mass is 10.0. The standard InChI is InChI=1S/C30H36ClN3O4S/c1-22(2)19-32-30(36)28(18-24-8-6-5-7-9-24)34(20-25-12-14-26(31)15-13-25)29(35)21-33(4)39(37,38)27-16-10-23(3)11-17-27/h5-17,22,28H,18-21H2,1-4H3,(H,32,36). The Bertz CT molecular complexity index is 1350. The largest absolute Gasteiger partial charge is 0.354 e. The van der Waals surface area contributed by atoms with Crippen LogP contribution in [-0.2, 0) is 32.6 Å². The van der Waals surface area contributed by atoms with Crippen LogP contribution < -0.4 is 5.32 Å². The van der Waals surface area contributed by atoms with E-state index in [1.165, 1.54) is 24.1 Å². The third-order valence-electron chi connectivity index (χ3n) is 6.31. The van der Waals surface area contributed by atoms with Crippen molar-refractivity contribution in [3.05, 3.63) is 101 Å². The third kappa shape index (κ3) is 8.65. The van der Waals surface area contributed by atoms with Crippen LogP contribution in [0, 0.1) is 12.8 Å². The summed E-state index contributed by atoms with van der Waals surface area (Å²) in [5, 5.41) is 3.51. The van der Waals surface area contributed by atoms with Crippen molar-refractivity contribution in [3.8, 4) is 0 Å². The Morgan fingerprint density at radius 1 is 0.897 bits per heavy atom. The minimum atomic E-state index is -3.92. The first kappa shape index (κ1) is 30.3. The second-order valence-electron chi connectivity index (χ2n) is 10.1. The molecule has 1 N–H and O–H groups in total. The van der Waals surface area contributed by atoms with Crippen molar-refractivity contribution in [1.82, 2.24) is 14.5 Å². The van der Waals surface area contributed by atoms with Crippen molar-refractivity contribution in [2.75, 3.05) is 20.1 Å². The van der Waals surface area contributed by atoms with Gasteiger partial charge >= 0.3 is 0 Å². The molecule has 2 amide bonds. The zero-order valence-electron chi connectivity index (χ0n) is 22.8. The van der Waals surface area contributed by atoms with Crippen molar-refractivity contribution in [3.63, 3.8) is 0 Å². The average Bonchev–Trinajstić information content (AvgIpc) is 2.91. The lowest BCUT2D eigenvalue weighted by molar-refractivity contribution is -0.141. The summed E-state index contributed by atoms with van der Waals surface area (Å²) in [6.07, 6.45) is 0.276. The zero-order chi connectivity index (χ0) is 28.6. The molecule has 0 aromatic heterocycles. The highest BCUT2D eigenvalue weighted by molar-refractivity contribution is 7.89. The molecule has 1 atom stereocenters. The lowest BCUT2D eigenvalue weighted by Crippen LogP contribution is -2.53. The van der Waals surface area contributed by atoms with Gasteiger partial charge in [-0.1, -0.05) is 85.6 Å². The summed E-state index contributed by atoms with van der Waals surface area (Å²) in [5.74, 6) is -0.555. The summed E-state index contributed by atoms with van der Waals surface area (Å²) < 4.78 is 27.5. The van der Waals surface area contributed by atoms with Gasteiger partial charge in [0.25, 0.3) is 0 Å². The number of hydrogen-bond acceptors (Lipinski definition) is 4. The van der Waals surface area contributed by atoms with Crippen molar-refractivity contribution in [2.45, 2.75) is 44.7 Å². The SMILES string of the molecule is Cc1ccc(S(=O)(=O)N(C)CC(=O)N(Cc2ccc(Cl)cc2)C(Cc2ccccc2)C(=O)NCC(C)C)cc1. The van der Waals surface area contributed by atoms with E-state index in [2.05, 4.69) is 5.32 Å². The van der Waals surface area contributed by atoms with E-state index >= 15 is 0 Å². The fourth-order valence-electron chi connectivity index (χ4n) is 4.02. The van der Waals surface area contributed by atoms with Crippen LogP contribution in [0.25, 0.3) is 0 Å². The van der Waals surface area contributed by atoms with E-state index in [0.29, 0.717) is 11.6 Å². The molecule has 0 fully saturated rings. The second-order valence-corrected chi connectivity index (χ2v) is 12.5. The molecule has 3 aromatic rings. The topological polar surface area (TPSA) is 86.8 Å². The number of amides is 2. The van der Waals surface area contributed by atoms with Crippen LogP contribution in [0.2, 0.25) is 5.02 Å². The summed E-state index contributed by atoms with van der Waals surface area (Å²) in [6.45, 7) is 6.00. The number of aryl methyl sites for hydroxylation is 1. The van der Waals surface area contributed by atoms with Crippen molar-refractivity contribution < 1.29 is 18.0 Å². The molecule has 0 aliphatic heterocycles. The summed E-state index contributed by atoms with van der Waals surface area (Å²) in [6, 6.07) is 22.1. The molecule has 1 unspecified atom stereocenters. The molecular formula is C30H36ClN3O4S. The quantitative estimate of drug-likeness (QED) is 0.343.